The molecule has 0 radical (unpaired) electrons. The maximum Gasteiger partial charge on any atom is 0.338 e. The lowest BCUT2D eigenvalue weighted by atomic mass is 10.00. The molecule has 1 unspecified atom stereocenters. The highest BCUT2D eigenvalue weighted by Crippen LogP contribution is 2.14. The van der Waals surface area contributed by atoms with Crippen LogP contribution in [0.5, 0.6) is 0 Å². The summed E-state index contributed by atoms with van der Waals surface area (Å²) in [5.74, 6) is -0.523. The summed E-state index contributed by atoms with van der Waals surface area (Å²) in [6.07, 6.45) is 0.633. The molecule has 0 spiro atoms. The molecule has 1 rings (SSSR count). The van der Waals surface area contributed by atoms with E-state index in [1.807, 2.05) is 0 Å². The summed E-state index contributed by atoms with van der Waals surface area (Å²) in [6, 6.07) is 6.35. The monoisotopic (exact) mass is 304 g/mol. The molecule has 118 valence electrons. The van der Waals surface area contributed by atoms with E-state index < -0.39 is 12.1 Å². The van der Waals surface area contributed by atoms with E-state index in [4.69, 9.17) is 9.47 Å². The van der Waals surface area contributed by atoms with E-state index in [9.17, 15) is 14.7 Å². The highest BCUT2D eigenvalue weighted by molar-refractivity contribution is 6.06. The number of hydrogen-bond acceptors (Lipinski definition) is 5. The fraction of sp³-hybridized carbons (Fsp3) is 0.294. The van der Waals surface area contributed by atoms with Gasteiger partial charge in [-0.05, 0) is 19.1 Å². The second-order valence-electron chi connectivity index (χ2n) is 4.68. The normalized spacial score (nSPS) is 11.4. The van der Waals surface area contributed by atoms with Crippen LogP contribution in [0.15, 0.2) is 49.3 Å². The SMILES string of the molecule is C=CC(=C)OCCOC(=O)c1ccccc1C(=O)CC(C)O. The van der Waals surface area contributed by atoms with Crippen LogP contribution in [0.4, 0.5) is 0 Å². The van der Waals surface area contributed by atoms with E-state index in [0.29, 0.717) is 5.76 Å². The zero-order valence-corrected chi connectivity index (χ0v) is 12.6. The third kappa shape index (κ3) is 5.54. The summed E-state index contributed by atoms with van der Waals surface area (Å²) in [5, 5.41) is 9.29. The van der Waals surface area contributed by atoms with Crippen LogP contribution in [-0.2, 0) is 9.47 Å². The summed E-state index contributed by atoms with van der Waals surface area (Å²) in [4.78, 5) is 24.1. The number of Topliss-reactive ketones (excluding diaryl/α,β-unsaturated/α-hetero) is 1. The number of ketones is 1. The Morgan fingerprint density at radius 3 is 2.41 bits per heavy atom. The van der Waals surface area contributed by atoms with Crippen LogP contribution in [0.1, 0.15) is 34.1 Å². The molecular weight excluding hydrogens is 284 g/mol. The molecule has 0 aliphatic heterocycles. The summed E-state index contributed by atoms with van der Waals surface area (Å²) in [7, 11) is 0. The number of ether oxygens (including phenoxy) is 2. The predicted octanol–water partition coefficient (Wildman–Crippen LogP) is 2.51. The first-order valence-corrected chi connectivity index (χ1v) is 6.87. The number of aliphatic hydroxyl groups excluding tert-OH is 1. The number of carbonyl (C=O) groups is 2. The van der Waals surface area contributed by atoms with Crippen LogP contribution in [0, 0.1) is 0 Å². The maximum absolute atomic E-state index is 12.0. The van der Waals surface area contributed by atoms with Crippen molar-refractivity contribution in [1.82, 2.24) is 0 Å². The summed E-state index contributed by atoms with van der Waals surface area (Å²) in [5.41, 5.74) is 0.417. The molecule has 0 bridgehead atoms. The van der Waals surface area contributed by atoms with Crippen molar-refractivity contribution in [3.05, 3.63) is 60.4 Å². The summed E-state index contributed by atoms with van der Waals surface area (Å²) < 4.78 is 10.2. The van der Waals surface area contributed by atoms with Crippen LogP contribution in [-0.4, -0.2) is 36.2 Å². The van der Waals surface area contributed by atoms with E-state index in [-0.39, 0.29) is 36.5 Å². The van der Waals surface area contributed by atoms with Crippen molar-refractivity contribution in [2.24, 2.45) is 0 Å². The van der Waals surface area contributed by atoms with E-state index >= 15 is 0 Å². The molecule has 5 nitrogen and oxygen atoms in total. The van der Waals surface area contributed by atoms with Crippen LogP contribution in [0.2, 0.25) is 0 Å². The van der Waals surface area contributed by atoms with Gasteiger partial charge in [-0.25, -0.2) is 4.79 Å². The molecule has 1 aromatic rings. The topological polar surface area (TPSA) is 72.8 Å². The second-order valence-corrected chi connectivity index (χ2v) is 4.68. The first-order valence-electron chi connectivity index (χ1n) is 6.87. The third-order valence-electron chi connectivity index (χ3n) is 2.76. The van der Waals surface area contributed by atoms with Gasteiger partial charge in [-0.15, -0.1) is 0 Å². The van der Waals surface area contributed by atoms with E-state index in [2.05, 4.69) is 13.2 Å². The number of allylic oxidation sites excluding steroid dienone is 1. The van der Waals surface area contributed by atoms with Gasteiger partial charge >= 0.3 is 5.97 Å². The number of rotatable bonds is 9. The van der Waals surface area contributed by atoms with Crippen LogP contribution in [0.25, 0.3) is 0 Å². The Balaban J connectivity index is 2.67. The molecule has 0 amide bonds. The Morgan fingerprint density at radius 1 is 1.23 bits per heavy atom. The number of aliphatic hydroxyl groups is 1. The fourth-order valence-corrected chi connectivity index (χ4v) is 1.73. The second kappa shape index (κ2) is 8.79. The van der Waals surface area contributed by atoms with E-state index in [1.54, 1.807) is 12.1 Å². The van der Waals surface area contributed by atoms with Crippen molar-refractivity contribution < 1.29 is 24.2 Å². The molecule has 0 heterocycles. The number of carbonyl (C=O) groups excluding carboxylic acids is 2. The van der Waals surface area contributed by atoms with Gasteiger partial charge in [0.2, 0.25) is 0 Å². The molecule has 0 aromatic heterocycles. The maximum atomic E-state index is 12.0. The lowest BCUT2D eigenvalue weighted by Gasteiger charge is -2.10. The molecule has 0 saturated heterocycles. The average Bonchev–Trinajstić information content (AvgIpc) is 2.50. The Labute approximate surface area is 129 Å². The quantitative estimate of drug-likeness (QED) is 0.249. The van der Waals surface area contributed by atoms with Crippen molar-refractivity contribution in [3.63, 3.8) is 0 Å². The number of hydrogen-bond donors (Lipinski definition) is 1. The van der Waals surface area contributed by atoms with Crippen LogP contribution < -0.4 is 0 Å². The minimum atomic E-state index is -0.769. The lowest BCUT2D eigenvalue weighted by molar-refractivity contribution is 0.0405. The smallest absolute Gasteiger partial charge is 0.338 e. The zero-order chi connectivity index (χ0) is 16.5. The molecule has 5 heteroatoms. The molecule has 0 aliphatic rings. The number of benzene rings is 1. The first-order chi connectivity index (χ1) is 10.5. The van der Waals surface area contributed by atoms with Crippen LogP contribution >= 0.6 is 0 Å². The molecule has 22 heavy (non-hydrogen) atoms. The molecule has 1 atom stereocenters. The van der Waals surface area contributed by atoms with Gasteiger partial charge in [0.15, 0.2) is 5.78 Å². The molecule has 0 saturated carbocycles. The van der Waals surface area contributed by atoms with Gasteiger partial charge in [0.05, 0.1) is 11.7 Å². The highest BCUT2D eigenvalue weighted by Gasteiger charge is 2.18. The largest absolute Gasteiger partial charge is 0.491 e. The Bertz CT molecular complexity index is 560. The van der Waals surface area contributed by atoms with Gasteiger partial charge in [0.25, 0.3) is 0 Å². The minimum absolute atomic E-state index is 0.0324. The predicted molar refractivity (Wildman–Crippen MR) is 82.6 cm³/mol. The fourth-order valence-electron chi connectivity index (χ4n) is 1.73. The van der Waals surface area contributed by atoms with Gasteiger partial charge in [-0.2, -0.15) is 0 Å². The van der Waals surface area contributed by atoms with Crippen LogP contribution in [0.3, 0.4) is 0 Å². The van der Waals surface area contributed by atoms with Crippen molar-refractivity contribution in [1.29, 1.82) is 0 Å². The van der Waals surface area contributed by atoms with Crippen molar-refractivity contribution in [2.75, 3.05) is 13.2 Å². The minimum Gasteiger partial charge on any atom is -0.491 e. The summed E-state index contributed by atoms with van der Waals surface area (Å²) in [6.45, 7) is 8.75. The molecule has 1 N–H and O–H groups in total. The Morgan fingerprint density at radius 2 is 1.82 bits per heavy atom. The molecular formula is C17H20O5. The van der Waals surface area contributed by atoms with Crippen molar-refractivity contribution in [2.45, 2.75) is 19.4 Å². The lowest BCUT2D eigenvalue weighted by Crippen LogP contribution is -2.16. The summed E-state index contributed by atoms with van der Waals surface area (Å²) >= 11 is 0. The van der Waals surface area contributed by atoms with E-state index in [1.165, 1.54) is 25.1 Å². The van der Waals surface area contributed by atoms with Crippen molar-refractivity contribution >= 4 is 11.8 Å². The standard InChI is InChI=1S/C17H20O5/c1-4-13(3)21-9-10-22-17(20)15-8-6-5-7-14(15)16(19)11-12(2)18/h4-8,12,18H,1,3,9-11H2,2H3. The van der Waals surface area contributed by atoms with Gasteiger partial charge in [0.1, 0.15) is 19.0 Å². The first kappa shape index (κ1) is 17.7. The van der Waals surface area contributed by atoms with Gasteiger partial charge in [-0.3, -0.25) is 4.79 Å². The Hall–Kier alpha value is -2.40. The molecule has 1 aromatic carbocycles. The molecule has 0 aliphatic carbocycles. The zero-order valence-electron chi connectivity index (χ0n) is 12.6. The molecule has 0 fully saturated rings. The third-order valence-corrected chi connectivity index (χ3v) is 2.76. The van der Waals surface area contributed by atoms with Gasteiger partial charge in [-0.1, -0.05) is 31.4 Å². The number of esters is 1. The van der Waals surface area contributed by atoms with Gasteiger partial charge < -0.3 is 14.6 Å². The van der Waals surface area contributed by atoms with E-state index in [0.717, 1.165) is 0 Å². The van der Waals surface area contributed by atoms with Crippen molar-refractivity contribution in [3.8, 4) is 0 Å². The highest BCUT2D eigenvalue weighted by atomic mass is 16.6. The van der Waals surface area contributed by atoms with Gasteiger partial charge in [0, 0.05) is 12.0 Å². The Kier molecular flexibility index (Phi) is 7.05. The average molecular weight is 304 g/mol.